The van der Waals surface area contributed by atoms with Crippen LogP contribution in [0, 0.1) is 0 Å². The molecule has 2 rings (SSSR count). The van der Waals surface area contributed by atoms with Gasteiger partial charge in [-0.05, 0) is 24.6 Å². The molecule has 1 aliphatic carbocycles. The van der Waals surface area contributed by atoms with Gasteiger partial charge in [-0.3, -0.25) is 4.79 Å². The Bertz CT molecular complexity index is 351. The Labute approximate surface area is 92.8 Å². The van der Waals surface area contributed by atoms with Crippen molar-refractivity contribution in [3.63, 3.8) is 0 Å². The van der Waals surface area contributed by atoms with E-state index < -0.39 is 0 Å². The minimum Gasteiger partial charge on any atom is -0.300 e. The van der Waals surface area contributed by atoms with Gasteiger partial charge in [0.15, 0.2) is 0 Å². The van der Waals surface area contributed by atoms with Crippen LogP contribution in [0.4, 0.5) is 0 Å². The molecule has 0 bridgehead atoms. The summed E-state index contributed by atoms with van der Waals surface area (Å²) in [7, 11) is 0. The van der Waals surface area contributed by atoms with Gasteiger partial charge in [-0.25, -0.2) is 0 Å². The van der Waals surface area contributed by atoms with Crippen LogP contribution >= 0.6 is 23.4 Å². The molecule has 1 nitrogen and oxygen atoms in total. The molecule has 1 fully saturated rings. The molecule has 14 heavy (non-hydrogen) atoms. The first-order valence-electron chi connectivity index (χ1n) is 4.68. The van der Waals surface area contributed by atoms with Crippen molar-refractivity contribution in [2.24, 2.45) is 0 Å². The summed E-state index contributed by atoms with van der Waals surface area (Å²) in [5.74, 6) is 0.393. The van der Waals surface area contributed by atoms with Crippen molar-refractivity contribution >= 4 is 29.1 Å². The molecule has 0 radical (unpaired) electrons. The topological polar surface area (TPSA) is 17.1 Å². The number of halogens is 1. The van der Waals surface area contributed by atoms with E-state index in [1.807, 2.05) is 24.3 Å². The number of carbonyl (C=O) groups excluding carboxylic acids is 1. The number of hydrogen-bond acceptors (Lipinski definition) is 2. The average Bonchev–Trinajstić information content (AvgIpc) is 2.51. The fourth-order valence-electron chi connectivity index (χ4n) is 1.61. The van der Waals surface area contributed by atoms with E-state index in [0.717, 1.165) is 29.2 Å². The summed E-state index contributed by atoms with van der Waals surface area (Å²) in [4.78, 5) is 12.2. The van der Waals surface area contributed by atoms with Gasteiger partial charge in [0.1, 0.15) is 5.78 Å². The van der Waals surface area contributed by atoms with E-state index in [2.05, 4.69) is 0 Å². The monoisotopic (exact) mass is 226 g/mol. The highest BCUT2D eigenvalue weighted by molar-refractivity contribution is 8.00. The first-order valence-corrected chi connectivity index (χ1v) is 5.94. The highest BCUT2D eigenvalue weighted by Gasteiger charge is 2.22. The van der Waals surface area contributed by atoms with Crippen LogP contribution in [0.1, 0.15) is 19.3 Å². The van der Waals surface area contributed by atoms with Crippen LogP contribution in [0.15, 0.2) is 29.2 Å². The number of ketones is 1. The highest BCUT2D eigenvalue weighted by Crippen LogP contribution is 2.33. The number of rotatable bonds is 2. The molecule has 1 atom stereocenters. The lowest BCUT2D eigenvalue weighted by molar-refractivity contribution is -0.117. The predicted octanol–water partition coefficient (Wildman–Crippen LogP) is 3.55. The van der Waals surface area contributed by atoms with E-state index in [1.54, 1.807) is 11.8 Å². The summed E-state index contributed by atoms with van der Waals surface area (Å²) >= 11 is 7.64. The first-order chi connectivity index (χ1) is 6.74. The average molecular weight is 227 g/mol. The van der Waals surface area contributed by atoms with Gasteiger partial charge in [0.05, 0.1) is 0 Å². The summed E-state index contributed by atoms with van der Waals surface area (Å²) in [6.07, 6.45) is 2.48. The summed E-state index contributed by atoms with van der Waals surface area (Å²) in [6.45, 7) is 0. The lowest BCUT2D eigenvalue weighted by Crippen LogP contribution is -1.95. The Hall–Kier alpha value is -0.470. The fraction of sp³-hybridized carbons (Fsp3) is 0.364. The molecule has 0 amide bonds. The van der Waals surface area contributed by atoms with E-state index in [1.165, 1.54) is 0 Å². The van der Waals surface area contributed by atoms with Crippen LogP contribution in [0.2, 0.25) is 5.02 Å². The van der Waals surface area contributed by atoms with Crippen molar-refractivity contribution in [1.29, 1.82) is 0 Å². The van der Waals surface area contributed by atoms with Crippen molar-refractivity contribution in [1.82, 2.24) is 0 Å². The third kappa shape index (κ3) is 2.52. The molecule has 0 N–H and O–H groups in total. The molecular weight excluding hydrogens is 216 g/mol. The standard InChI is InChI=1S/C11H11ClOS/c12-8-2-1-3-10(6-8)14-11-5-4-9(13)7-11/h1-3,6,11H,4-5,7H2. The quantitative estimate of drug-likeness (QED) is 0.767. The smallest absolute Gasteiger partial charge is 0.134 e. The molecule has 1 aliphatic rings. The molecule has 74 valence electrons. The summed E-state index contributed by atoms with van der Waals surface area (Å²) in [6, 6.07) is 7.81. The molecule has 1 aromatic rings. The number of hydrogen-bond donors (Lipinski definition) is 0. The lowest BCUT2D eigenvalue weighted by Gasteiger charge is -2.07. The zero-order valence-electron chi connectivity index (χ0n) is 7.70. The van der Waals surface area contributed by atoms with Crippen molar-refractivity contribution in [3.8, 4) is 0 Å². The highest BCUT2D eigenvalue weighted by atomic mass is 35.5. The molecule has 1 aromatic carbocycles. The maximum atomic E-state index is 11.1. The van der Waals surface area contributed by atoms with E-state index in [4.69, 9.17) is 11.6 Å². The maximum absolute atomic E-state index is 11.1. The van der Waals surface area contributed by atoms with E-state index in [0.29, 0.717) is 11.0 Å². The number of Topliss-reactive ketones (excluding diaryl/α,β-unsaturated/α-hetero) is 1. The zero-order chi connectivity index (χ0) is 9.97. The molecule has 0 saturated heterocycles. The Balaban J connectivity index is 2.00. The van der Waals surface area contributed by atoms with Gasteiger partial charge in [-0.2, -0.15) is 0 Å². The Morgan fingerprint density at radius 3 is 2.93 bits per heavy atom. The van der Waals surface area contributed by atoms with Gasteiger partial charge < -0.3 is 0 Å². The third-order valence-corrected chi connectivity index (χ3v) is 3.80. The maximum Gasteiger partial charge on any atom is 0.134 e. The zero-order valence-corrected chi connectivity index (χ0v) is 9.27. The molecule has 0 aromatic heterocycles. The largest absolute Gasteiger partial charge is 0.300 e. The molecule has 3 heteroatoms. The van der Waals surface area contributed by atoms with Crippen molar-refractivity contribution < 1.29 is 4.79 Å². The van der Waals surface area contributed by atoms with Crippen LogP contribution < -0.4 is 0 Å². The van der Waals surface area contributed by atoms with Crippen molar-refractivity contribution in [2.75, 3.05) is 0 Å². The number of thioether (sulfide) groups is 1. The number of carbonyl (C=O) groups is 1. The minimum atomic E-state index is 0.393. The molecule has 0 heterocycles. The Morgan fingerprint density at radius 1 is 1.43 bits per heavy atom. The van der Waals surface area contributed by atoms with Gasteiger partial charge in [0.25, 0.3) is 0 Å². The molecular formula is C11H11ClOS. The van der Waals surface area contributed by atoms with E-state index in [-0.39, 0.29) is 0 Å². The third-order valence-electron chi connectivity index (χ3n) is 2.30. The van der Waals surface area contributed by atoms with E-state index >= 15 is 0 Å². The van der Waals surface area contributed by atoms with Crippen LogP contribution in [0.3, 0.4) is 0 Å². The second-order valence-electron chi connectivity index (χ2n) is 3.48. The van der Waals surface area contributed by atoms with Crippen LogP contribution in [0.25, 0.3) is 0 Å². The lowest BCUT2D eigenvalue weighted by atomic mass is 10.4. The van der Waals surface area contributed by atoms with Crippen molar-refractivity contribution in [2.45, 2.75) is 29.4 Å². The molecule has 1 saturated carbocycles. The molecule has 1 unspecified atom stereocenters. The second-order valence-corrected chi connectivity index (χ2v) is 5.29. The number of benzene rings is 1. The fourth-order valence-corrected chi connectivity index (χ4v) is 3.11. The summed E-state index contributed by atoms with van der Waals surface area (Å²) in [5, 5.41) is 1.22. The van der Waals surface area contributed by atoms with Gasteiger partial charge in [-0.1, -0.05) is 17.7 Å². The normalized spacial score (nSPS) is 21.5. The first kappa shape index (κ1) is 10.1. The molecule has 0 aliphatic heterocycles. The van der Waals surface area contributed by atoms with Gasteiger partial charge in [0.2, 0.25) is 0 Å². The SMILES string of the molecule is O=C1CCC(Sc2cccc(Cl)c2)C1. The van der Waals surface area contributed by atoms with Crippen LogP contribution in [-0.4, -0.2) is 11.0 Å². The minimum absolute atomic E-state index is 0.393. The van der Waals surface area contributed by atoms with Crippen LogP contribution in [0.5, 0.6) is 0 Å². The summed E-state index contributed by atoms with van der Waals surface area (Å²) in [5.41, 5.74) is 0. The summed E-state index contributed by atoms with van der Waals surface area (Å²) < 4.78 is 0. The Morgan fingerprint density at radius 2 is 2.29 bits per heavy atom. The predicted molar refractivity (Wildman–Crippen MR) is 60.0 cm³/mol. The van der Waals surface area contributed by atoms with Crippen LogP contribution in [-0.2, 0) is 4.79 Å². The Kier molecular flexibility index (Phi) is 3.14. The van der Waals surface area contributed by atoms with Gasteiger partial charge in [-0.15, -0.1) is 11.8 Å². The molecule has 0 spiro atoms. The second kappa shape index (κ2) is 4.37. The van der Waals surface area contributed by atoms with E-state index in [9.17, 15) is 4.79 Å². The van der Waals surface area contributed by atoms with Gasteiger partial charge >= 0.3 is 0 Å². The van der Waals surface area contributed by atoms with Gasteiger partial charge in [0, 0.05) is 28.0 Å². The van der Waals surface area contributed by atoms with Crippen molar-refractivity contribution in [3.05, 3.63) is 29.3 Å².